The maximum absolute atomic E-state index is 10.0. The second-order valence-electron chi connectivity index (χ2n) is 3.99. The fourth-order valence-corrected chi connectivity index (χ4v) is 2.04. The maximum atomic E-state index is 10.0. The van der Waals surface area contributed by atoms with Crippen LogP contribution in [0.15, 0.2) is 28.7 Å². The zero-order valence-electron chi connectivity index (χ0n) is 9.99. The highest BCUT2D eigenvalue weighted by Crippen LogP contribution is 2.17. The van der Waals surface area contributed by atoms with Crippen molar-refractivity contribution in [3.8, 4) is 12.3 Å². The van der Waals surface area contributed by atoms with Crippen LogP contribution in [-0.2, 0) is 0 Å². The molecule has 2 atom stereocenters. The minimum atomic E-state index is -0.528. The molecular weight excluding hydrogens is 278 g/mol. The Morgan fingerprint density at radius 2 is 2.29 bits per heavy atom. The number of rotatable bonds is 6. The van der Waals surface area contributed by atoms with Crippen LogP contribution in [0.2, 0.25) is 0 Å². The lowest BCUT2D eigenvalue weighted by molar-refractivity contribution is 0.172. The van der Waals surface area contributed by atoms with E-state index in [9.17, 15) is 5.11 Å². The van der Waals surface area contributed by atoms with Crippen molar-refractivity contribution < 1.29 is 5.11 Å². The number of terminal acetylenes is 1. The van der Waals surface area contributed by atoms with Gasteiger partial charge in [-0.1, -0.05) is 47.3 Å². The number of halogens is 1. The monoisotopic (exact) mass is 295 g/mol. The number of aliphatic hydroxyl groups excluding tert-OH is 1. The Morgan fingerprint density at radius 3 is 2.88 bits per heavy atom. The summed E-state index contributed by atoms with van der Waals surface area (Å²) < 4.78 is 0.969. The molecule has 0 amide bonds. The molecule has 0 fully saturated rings. The quantitative estimate of drug-likeness (QED) is 0.791. The standard InChI is InChI=1S/C14H18BrNO/c1-3-6-13(4-2)16-10-14(17)11-7-5-8-12(15)9-11/h2,5,7-9,13-14,16-17H,3,6,10H2,1H3. The van der Waals surface area contributed by atoms with Crippen LogP contribution in [0, 0.1) is 12.3 Å². The van der Waals surface area contributed by atoms with Crippen molar-refractivity contribution in [3.05, 3.63) is 34.3 Å². The van der Waals surface area contributed by atoms with Crippen LogP contribution in [0.5, 0.6) is 0 Å². The van der Waals surface area contributed by atoms with Crippen molar-refractivity contribution in [1.82, 2.24) is 5.32 Å². The van der Waals surface area contributed by atoms with E-state index in [1.807, 2.05) is 24.3 Å². The second kappa shape index (κ2) is 7.50. The van der Waals surface area contributed by atoms with E-state index >= 15 is 0 Å². The molecule has 0 aliphatic heterocycles. The van der Waals surface area contributed by atoms with Crippen LogP contribution >= 0.6 is 15.9 Å². The van der Waals surface area contributed by atoms with Gasteiger partial charge in [-0.25, -0.2) is 0 Å². The molecule has 0 aliphatic rings. The van der Waals surface area contributed by atoms with Crippen LogP contribution in [0.25, 0.3) is 0 Å². The lowest BCUT2D eigenvalue weighted by Crippen LogP contribution is -2.31. The van der Waals surface area contributed by atoms with Gasteiger partial charge in [0.1, 0.15) is 0 Å². The van der Waals surface area contributed by atoms with Gasteiger partial charge in [0.05, 0.1) is 12.1 Å². The molecule has 17 heavy (non-hydrogen) atoms. The molecule has 2 N–H and O–H groups in total. The third-order valence-electron chi connectivity index (χ3n) is 2.57. The van der Waals surface area contributed by atoms with E-state index < -0.39 is 6.10 Å². The SMILES string of the molecule is C#CC(CCC)NCC(O)c1cccc(Br)c1. The van der Waals surface area contributed by atoms with Gasteiger partial charge in [0.25, 0.3) is 0 Å². The summed E-state index contributed by atoms with van der Waals surface area (Å²) in [6, 6.07) is 7.71. The molecule has 3 heteroatoms. The molecule has 1 rings (SSSR count). The van der Waals surface area contributed by atoms with Gasteiger partial charge in [-0.3, -0.25) is 0 Å². The van der Waals surface area contributed by atoms with Gasteiger partial charge in [0, 0.05) is 11.0 Å². The van der Waals surface area contributed by atoms with Gasteiger partial charge in [-0.2, -0.15) is 0 Å². The van der Waals surface area contributed by atoms with E-state index in [0.717, 1.165) is 22.9 Å². The Bertz CT molecular complexity index is 386. The van der Waals surface area contributed by atoms with Gasteiger partial charge in [-0.15, -0.1) is 6.42 Å². The van der Waals surface area contributed by atoms with Gasteiger partial charge < -0.3 is 10.4 Å². The van der Waals surface area contributed by atoms with Crippen molar-refractivity contribution in [2.75, 3.05) is 6.54 Å². The number of benzene rings is 1. The van der Waals surface area contributed by atoms with Crippen LogP contribution < -0.4 is 5.32 Å². The summed E-state index contributed by atoms with van der Waals surface area (Å²) in [5.41, 5.74) is 0.888. The molecule has 0 radical (unpaired) electrons. The van der Waals surface area contributed by atoms with Gasteiger partial charge in [-0.05, 0) is 24.1 Å². The third-order valence-corrected chi connectivity index (χ3v) is 3.06. The zero-order chi connectivity index (χ0) is 12.7. The van der Waals surface area contributed by atoms with Gasteiger partial charge >= 0.3 is 0 Å². The highest BCUT2D eigenvalue weighted by molar-refractivity contribution is 9.10. The summed E-state index contributed by atoms with van der Waals surface area (Å²) in [5, 5.41) is 13.2. The van der Waals surface area contributed by atoms with Crippen molar-refractivity contribution in [2.24, 2.45) is 0 Å². The molecule has 1 aromatic rings. The summed E-state index contributed by atoms with van der Waals surface area (Å²) in [4.78, 5) is 0. The van der Waals surface area contributed by atoms with E-state index in [2.05, 4.69) is 34.1 Å². The predicted octanol–water partition coefficient (Wildman–Crippen LogP) is 2.87. The molecule has 0 saturated heterocycles. The summed E-state index contributed by atoms with van der Waals surface area (Å²) in [7, 11) is 0. The Labute approximate surface area is 112 Å². The fourth-order valence-electron chi connectivity index (χ4n) is 1.62. The van der Waals surface area contributed by atoms with Crippen molar-refractivity contribution in [2.45, 2.75) is 31.9 Å². The highest BCUT2D eigenvalue weighted by atomic mass is 79.9. The second-order valence-corrected chi connectivity index (χ2v) is 4.90. The first-order valence-corrected chi connectivity index (χ1v) is 6.59. The molecule has 2 unspecified atom stereocenters. The largest absolute Gasteiger partial charge is 0.387 e. The van der Waals surface area contributed by atoms with Crippen LogP contribution in [0.1, 0.15) is 31.4 Å². The minimum Gasteiger partial charge on any atom is -0.387 e. The fraction of sp³-hybridized carbons (Fsp3) is 0.429. The molecular formula is C14H18BrNO. The lowest BCUT2D eigenvalue weighted by Gasteiger charge is -2.16. The van der Waals surface area contributed by atoms with Crippen molar-refractivity contribution >= 4 is 15.9 Å². The van der Waals surface area contributed by atoms with Crippen LogP contribution in [-0.4, -0.2) is 17.7 Å². The Balaban J connectivity index is 2.49. The molecule has 92 valence electrons. The van der Waals surface area contributed by atoms with E-state index in [0.29, 0.717) is 6.54 Å². The number of hydrogen-bond acceptors (Lipinski definition) is 2. The van der Waals surface area contributed by atoms with Crippen LogP contribution in [0.4, 0.5) is 0 Å². The zero-order valence-corrected chi connectivity index (χ0v) is 11.6. The number of nitrogens with one attached hydrogen (secondary N) is 1. The molecule has 1 aromatic carbocycles. The maximum Gasteiger partial charge on any atom is 0.0915 e. The first-order valence-electron chi connectivity index (χ1n) is 5.80. The highest BCUT2D eigenvalue weighted by Gasteiger charge is 2.10. The minimum absolute atomic E-state index is 0.0433. The summed E-state index contributed by atoms with van der Waals surface area (Å²) >= 11 is 3.39. The normalized spacial score (nSPS) is 14.0. The molecule has 2 nitrogen and oxygen atoms in total. The summed E-state index contributed by atoms with van der Waals surface area (Å²) in [6.07, 6.45) is 6.85. The predicted molar refractivity (Wildman–Crippen MR) is 74.6 cm³/mol. The Kier molecular flexibility index (Phi) is 6.28. The molecule has 0 saturated carbocycles. The molecule has 0 aromatic heterocycles. The van der Waals surface area contributed by atoms with E-state index in [1.165, 1.54) is 0 Å². The number of aliphatic hydroxyl groups is 1. The van der Waals surface area contributed by atoms with Crippen LogP contribution in [0.3, 0.4) is 0 Å². The average molecular weight is 296 g/mol. The first-order chi connectivity index (χ1) is 8.17. The smallest absolute Gasteiger partial charge is 0.0915 e. The molecule has 0 bridgehead atoms. The van der Waals surface area contributed by atoms with Gasteiger partial charge in [0.15, 0.2) is 0 Å². The number of hydrogen-bond donors (Lipinski definition) is 2. The Hall–Kier alpha value is -0.820. The topological polar surface area (TPSA) is 32.3 Å². The average Bonchev–Trinajstić information content (AvgIpc) is 2.34. The van der Waals surface area contributed by atoms with Gasteiger partial charge in [0.2, 0.25) is 0 Å². The molecule has 0 aliphatic carbocycles. The van der Waals surface area contributed by atoms with E-state index in [4.69, 9.17) is 6.42 Å². The van der Waals surface area contributed by atoms with Crippen molar-refractivity contribution in [3.63, 3.8) is 0 Å². The van der Waals surface area contributed by atoms with E-state index in [1.54, 1.807) is 0 Å². The molecule has 0 spiro atoms. The lowest BCUT2D eigenvalue weighted by atomic mass is 10.1. The third kappa shape index (κ3) is 4.91. The molecule has 0 heterocycles. The first kappa shape index (κ1) is 14.2. The summed E-state index contributed by atoms with van der Waals surface area (Å²) in [5.74, 6) is 2.69. The van der Waals surface area contributed by atoms with Crippen molar-refractivity contribution in [1.29, 1.82) is 0 Å². The summed E-state index contributed by atoms with van der Waals surface area (Å²) in [6.45, 7) is 2.57. The Morgan fingerprint density at radius 1 is 1.53 bits per heavy atom. The van der Waals surface area contributed by atoms with E-state index in [-0.39, 0.29) is 6.04 Å².